The van der Waals surface area contributed by atoms with Gasteiger partial charge >= 0.3 is 5.97 Å². The molecule has 0 saturated heterocycles. The third-order valence-electron chi connectivity index (χ3n) is 2.06. The van der Waals surface area contributed by atoms with Crippen molar-refractivity contribution in [2.45, 2.75) is 13.3 Å². The molecule has 0 heterocycles. The lowest BCUT2D eigenvalue weighted by molar-refractivity contribution is -0.141. The molecule has 0 aliphatic carbocycles. The number of carbonyl (C=O) groups is 1. The van der Waals surface area contributed by atoms with Gasteiger partial charge in [0.25, 0.3) is 0 Å². The van der Waals surface area contributed by atoms with Crippen LogP contribution in [0.5, 0.6) is 5.75 Å². The van der Waals surface area contributed by atoms with Crippen molar-refractivity contribution in [3.05, 3.63) is 28.5 Å². The number of carboxylic acid groups (broad SMARTS) is 1. The van der Waals surface area contributed by atoms with Crippen molar-refractivity contribution >= 4 is 17.6 Å². The Morgan fingerprint density at radius 3 is 2.73 bits per heavy atom. The summed E-state index contributed by atoms with van der Waals surface area (Å²) in [5, 5.41) is 17.8. The Kier molecular flexibility index (Phi) is 3.52. The van der Waals surface area contributed by atoms with E-state index in [0.717, 1.165) is 6.07 Å². The summed E-state index contributed by atoms with van der Waals surface area (Å²) in [5.41, 5.74) is 0.188. The lowest BCUT2D eigenvalue weighted by Crippen LogP contribution is -2.13. The highest BCUT2D eigenvalue weighted by molar-refractivity contribution is 6.32. The van der Waals surface area contributed by atoms with Gasteiger partial charge in [0.2, 0.25) is 0 Å². The van der Waals surface area contributed by atoms with Crippen LogP contribution < -0.4 is 0 Å². The fraction of sp³-hybridized carbons (Fsp3) is 0.300. The molecule has 1 aromatic rings. The van der Waals surface area contributed by atoms with Crippen molar-refractivity contribution in [2.75, 3.05) is 0 Å². The highest BCUT2D eigenvalue weighted by Crippen LogP contribution is 2.27. The number of rotatable bonds is 3. The molecule has 1 rings (SSSR count). The smallest absolute Gasteiger partial charge is 0.306 e. The van der Waals surface area contributed by atoms with Gasteiger partial charge in [0.1, 0.15) is 11.6 Å². The molecule has 15 heavy (non-hydrogen) atoms. The standard InChI is InChI=1S/C10H10ClFO3/c1-5(10(14)15)2-6-3-7(11)9(13)4-8(6)12/h3-5,13H,2H2,1H3,(H,14,15). The lowest BCUT2D eigenvalue weighted by Gasteiger charge is -2.08. The SMILES string of the molecule is CC(Cc1cc(Cl)c(O)cc1F)C(=O)O. The van der Waals surface area contributed by atoms with Gasteiger partial charge in [-0.05, 0) is 18.1 Å². The van der Waals surface area contributed by atoms with E-state index >= 15 is 0 Å². The van der Waals surface area contributed by atoms with Crippen molar-refractivity contribution in [1.29, 1.82) is 0 Å². The largest absolute Gasteiger partial charge is 0.506 e. The summed E-state index contributed by atoms with van der Waals surface area (Å²) < 4.78 is 13.2. The van der Waals surface area contributed by atoms with E-state index in [-0.39, 0.29) is 22.8 Å². The molecule has 0 aliphatic rings. The molecule has 1 unspecified atom stereocenters. The summed E-state index contributed by atoms with van der Waals surface area (Å²) in [7, 11) is 0. The van der Waals surface area contributed by atoms with Gasteiger partial charge < -0.3 is 10.2 Å². The quantitative estimate of drug-likeness (QED) is 0.842. The summed E-state index contributed by atoms with van der Waals surface area (Å²) in [5.74, 6) is -2.69. The second-order valence-electron chi connectivity index (χ2n) is 3.34. The number of aromatic hydroxyl groups is 1. The van der Waals surface area contributed by atoms with Crippen molar-refractivity contribution < 1.29 is 19.4 Å². The van der Waals surface area contributed by atoms with Gasteiger partial charge in [0.05, 0.1) is 10.9 Å². The van der Waals surface area contributed by atoms with Crippen LogP contribution in [0.4, 0.5) is 4.39 Å². The Morgan fingerprint density at radius 1 is 1.60 bits per heavy atom. The van der Waals surface area contributed by atoms with Gasteiger partial charge in [-0.1, -0.05) is 18.5 Å². The molecule has 0 spiro atoms. The molecule has 1 atom stereocenters. The molecule has 0 amide bonds. The first kappa shape index (κ1) is 11.8. The maximum atomic E-state index is 13.2. The first-order valence-electron chi connectivity index (χ1n) is 4.31. The third-order valence-corrected chi connectivity index (χ3v) is 2.37. The van der Waals surface area contributed by atoms with E-state index in [9.17, 15) is 9.18 Å². The van der Waals surface area contributed by atoms with Gasteiger partial charge in [-0.3, -0.25) is 4.79 Å². The van der Waals surface area contributed by atoms with Crippen LogP contribution >= 0.6 is 11.6 Å². The molecule has 0 aliphatic heterocycles. The Hall–Kier alpha value is -1.29. The Morgan fingerprint density at radius 2 is 2.20 bits per heavy atom. The fourth-order valence-corrected chi connectivity index (χ4v) is 1.34. The molecule has 0 bridgehead atoms. The first-order chi connectivity index (χ1) is 6.91. The van der Waals surface area contributed by atoms with Crippen molar-refractivity contribution in [1.82, 2.24) is 0 Å². The van der Waals surface area contributed by atoms with Crippen molar-refractivity contribution in [3.63, 3.8) is 0 Å². The summed E-state index contributed by atoms with van der Waals surface area (Å²) >= 11 is 5.58. The monoisotopic (exact) mass is 232 g/mol. The average Bonchev–Trinajstić information content (AvgIpc) is 2.13. The summed E-state index contributed by atoms with van der Waals surface area (Å²) in [6, 6.07) is 2.12. The summed E-state index contributed by atoms with van der Waals surface area (Å²) in [6.45, 7) is 1.47. The predicted molar refractivity (Wildman–Crippen MR) is 53.6 cm³/mol. The first-order valence-corrected chi connectivity index (χ1v) is 4.69. The molecule has 0 saturated carbocycles. The maximum absolute atomic E-state index is 13.2. The minimum atomic E-state index is -1.00. The van der Waals surface area contributed by atoms with Gasteiger partial charge in [0, 0.05) is 6.07 Å². The van der Waals surface area contributed by atoms with Crippen LogP contribution in [0, 0.1) is 11.7 Å². The second kappa shape index (κ2) is 4.49. The Balaban J connectivity index is 2.95. The van der Waals surface area contributed by atoms with E-state index < -0.39 is 17.7 Å². The van der Waals surface area contributed by atoms with Crippen molar-refractivity contribution in [2.24, 2.45) is 5.92 Å². The summed E-state index contributed by atoms with van der Waals surface area (Å²) in [4.78, 5) is 10.6. The number of phenols is 1. The fourth-order valence-electron chi connectivity index (χ4n) is 1.15. The average molecular weight is 233 g/mol. The molecular weight excluding hydrogens is 223 g/mol. The molecule has 0 aromatic heterocycles. The van der Waals surface area contributed by atoms with E-state index in [2.05, 4.69) is 0 Å². The second-order valence-corrected chi connectivity index (χ2v) is 3.75. The molecule has 5 heteroatoms. The van der Waals surface area contributed by atoms with Crippen LogP contribution in [0.15, 0.2) is 12.1 Å². The molecule has 82 valence electrons. The lowest BCUT2D eigenvalue weighted by atomic mass is 10.0. The van der Waals surface area contributed by atoms with E-state index in [1.165, 1.54) is 13.0 Å². The zero-order valence-corrected chi connectivity index (χ0v) is 8.75. The van der Waals surface area contributed by atoms with Crippen LogP contribution in [-0.2, 0) is 11.2 Å². The minimum Gasteiger partial charge on any atom is -0.506 e. The van der Waals surface area contributed by atoms with E-state index in [4.69, 9.17) is 21.8 Å². The van der Waals surface area contributed by atoms with Crippen LogP contribution in [0.1, 0.15) is 12.5 Å². The van der Waals surface area contributed by atoms with Gasteiger partial charge in [-0.25, -0.2) is 4.39 Å². The number of phenolic OH excluding ortho intramolecular Hbond substituents is 1. The number of benzene rings is 1. The van der Waals surface area contributed by atoms with E-state index in [0.29, 0.717) is 0 Å². The molecule has 0 fully saturated rings. The topological polar surface area (TPSA) is 57.5 Å². The molecule has 0 radical (unpaired) electrons. The zero-order chi connectivity index (χ0) is 11.6. The third kappa shape index (κ3) is 2.83. The minimum absolute atomic E-state index is 0.0176. The zero-order valence-electron chi connectivity index (χ0n) is 8.00. The molecule has 3 nitrogen and oxygen atoms in total. The van der Waals surface area contributed by atoms with E-state index in [1.807, 2.05) is 0 Å². The van der Waals surface area contributed by atoms with Gasteiger partial charge in [-0.15, -0.1) is 0 Å². The molecule has 2 N–H and O–H groups in total. The number of hydrogen-bond acceptors (Lipinski definition) is 2. The number of hydrogen-bond donors (Lipinski definition) is 2. The van der Waals surface area contributed by atoms with Crippen LogP contribution in [0.2, 0.25) is 5.02 Å². The number of halogens is 2. The Labute approximate surface area is 91.1 Å². The maximum Gasteiger partial charge on any atom is 0.306 e. The van der Waals surface area contributed by atoms with Crippen LogP contribution in [-0.4, -0.2) is 16.2 Å². The van der Waals surface area contributed by atoms with E-state index in [1.54, 1.807) is 0 Å². The highest BCUT2D eigenvalue weighted by Gasteiger charge is 2.15. The van der Waals surface area contributed by atoms with Crippen molar-refractivity contribution in [3.8, 4) is 5.75 Å². The van der Waals surface area contributed by atoms with Gasteiger partial charge in [-0.2, -0.15) is 0 Å². The molecular formula is C10H10ClFO3. The number of carboxylic acids is 1. The number of aliphatic carboxylic acids is 1. The molecule has 1 aromatic carbocycles. The highest BCUT2D eigenvalue weighted by atomic mass is 35.5. The van der Waals surface area contributed by atoms with Crippen LogP contribution in [0.25, 0.3) is 0 Å². The summed E-state index contributed by atoms with van der Waals surface area (Å²) in [6.07, 6.45) is 0.0428. The Bertz CT molecular complexity index is 392. The van der Waals surface area contributed by atoms with Gasteiger partial charge in [0.15, 0.2) is 0 Å². The normalized spacial score (nSPS) is 12.5. The van der Waals surface area contributed by atoms with Crippen LogP contribution in [0.3, 0.4) is 0 Å². The predicted octanol–water partition coefficient (Wildman–Crippen LogP) is 2.45.